The van der Waals surface area contributed by atoms with Crippen molar-refractivity contribution in [1.82, 2.24) is 0 Å². The molecule has 0 unspecified atom stereocenters. The van der Waals surface area contributed by atoms with Gasteiger partial charge >= 0.3 is 0 Å². The van der Waals surface area contributed by atoms with E-state index < -0.39 is 49.5 Å². The van der Waals surface area contributed by atoms with E-state index in [2.05, 4.69) is 0 Å². The Labute approximate surface area is 116 Å². The molecule has 0 spiro atoms. The highest BCUT2D eigenvalue weighted by Crippen LogP contribution is 2.22. The minimum atomic E-state index is -1.15. The van der Waals surface area contributed by atoms with E-state index >= 15 is 0 Å². The molecule has 8 nitrogen and oxygen atoms in total. The van der Waals surface area contributed by atoms with Gasteiger partial charge in [-0.1, -0.05) is 0 Å². The predicted molar refractivity (Wildman–Crippen MR) is 64.7 cm³/mol. The molecule has 2 aliphatic rings. The number of hydrogen-bond acceptors (Lipinski definition) is 8. The quantitative estimate of drug-likeness (QED) is 0.380. The van der Waals surface area contributed by atoms with E-state index in [9.17, 15) is 20.4 Å². The maximum absolute atomic E-state index is 9.73. The topological polar surface area (TPSA) is 129 Å². The lowest BCUT2D eigenvalue weighted by Gasteiger charge is -2.37. The highest BCUT2D eigenvalue weighted by Gasteiger charge is 2.38. The van der Waals surface area contributed by atoms with Crippen LogP contribution in [0, 0.1) is 0 Å². The lowest BCUT2D eigenvalue weighted by molar-refractivity contribution is -0.269. The first-order valence-electron chi connectivity index (χ1n) is 6.74. The van der Waals surface area contributed by atoms with E-state index in [-0.39, 0.29) is 13.0 Å². The monoisotopic (exact) mass is 294 g/mol. The van der Waals surface area contributed by atoms with Crippen LogP contribution in [0.15, 0.2) is 0 Å². The third-order valence-corrected chi connectivity index (χ3v) is 3.68. The van der Waals surface area contributed by atoms with Gasteiger partial charge in [0.1, 0.15) is 24.4 Å². The Morgan fingerprint density at radius 2 is 1.70 bits per heavy atom. The molecule has 0 saturated carbocycles. The second-order valence-corrected chi connectivity index (χ2v) is 5.17. The molecule has 20 heavy (non-hydrogen) atoms. The fourth-order valence-electron chi connectivity index (χ4n) is 2.38. The fourth-order valence-corrected chi connectivity index (χ4v) is 2.38. The average molecular weight is 294 g/mol. The third kappa shape index (κ3) is 3.66. The summed E-state index contributed by atoms with van der Waals surface area (Å²) in [5, 5.41) is 47.5. The molecule has 0 amide bonds. The van der Waals surface area contributed by atoms with Gasteiger partial charge in [-0.3, -0.25) is 0 Å². The van der Waals surface area contributed by atoms with Crippen molar-refractivity contribution < 1.29 is 39.7 Å². The van der Waals surface area contributed by atoms with Crippen molar-refractivity contribution in [3.05, 3.63) is 0 Å². The van der Waals surface area contributed by atoms with Gasteiger partial charge in [-0.05, 0) is 6.42 Å². The summed E-state index contributed by atoms with van der Waals surface area (Å²) in [5.74, 6) is 0. The highest BCUT2D eigenvalue weighted by molar-refractivity contribution is 4.84. The Kier molecular flexibility index (Phi) is 5.70. The summed E-state index contributed by atoms with van der Waals surface area (Å²) in [4.78, 5) is 0. The Morgan fingerprint density at radius 3 is 2.40 bits per heavy atom. The van der Waals surface area contributed by atoms with Gasteiger partial charge in [0.2, 0.25) is 0 Å². The van der Waals surface area contributed by atoms with Crippen LogP contribution in [0.4, 0.5) is 0 Å². The summed E-state index contributed by atoms with van der Waals surface area (Å²) >= 11 is 0. The van der Waals surface area contributed by atoms with Crippen molar-refractivity contribution in [2.45, 2.75) is 55.8 Å². The molecule has 0 aliphatic carbocycles. The van der Waals surface area contributed by atoms with Gasteiger partial charge in [-0.15, -0.1) is 0 Å². The Balaban J connectivity index is 1.81. The van der Waals surface area contributed by atoms with Crippen LogP contribution in [0.2, 0.25) is 0 Å². The minimum absolute atomic E-state index is 0.0101. The molecule has 2 fully saturated rings. The highest BCUT2D eigenvalue weighted by atomic mass is 16.7. The summed E-state index contributed by atoms with van der Waals surface area (Å²) in [6, 6.07) is 0. The van der Waals surface area contributed by atoms with E-state index in [0.29, 0.717) is 13.0 Å². The van der Waals surface area contributed by atoms with Crippen LogP contribution in [0.1, 0.15) is 12.8 Å². The van der Waals surface area contributed by atoms with E-state index in [4.69, 9.17) is 19.3 Å². The number of aliphatic hydroxyl groups excluding tert-OH is 5. The molecule has 0 bridgehead atoms. The summed E-state index contributed by atoms with van der Waals surface area (Å²) < 4.78 is 16.0. The van der Waals surface area contributed by atoms with Gasteiger partial charge in [0.25, 0.3) is 0 Å². The maximum atomic E-state index is 9.73. The van der Waals surface area contributed by atoms with Crippen LogP contribution in [-0.2, 0) is 14.2 Å². The molecule has 8 heteroatoms. The van der Waals surface area contributed by atoms with Crippen LogP contribution in [0.25, 0.3) is 0 Å². The van der Waals surface area contributed by atoms with Crippen LogP contribution in [-0.4, -0.2) is 88.3 Å². The standard InChI is InChI=1S/C12H22O8/c13-4-8-12(17)7(15)3-10(20-8)19-5-9-11(16)6(14)1-2-18-9/h6-17H,1-5H2/t6-,7-,8-,9-,10+,11+,12+/m1/s1. The molecule has 118 valence electrons. The van der Waals surface area contributed by atoms with Crippen LogP contribution < -0.4 is 0 Å². The largest absolute Gasteiger partial charge is 0.394 e. The number of hydrogen-bond donors (Lipinski definition) is 5. The number of aliphatic hydroxyl groups is 5. The molecule has 0 aromatic carbocycles. The van der Waals surface area contributed by atoms with Crippen LogP contribution in [0.5, 0.6) is 0 Å². The average Bonchev–Trinajstić information content (AvgIpc) is 2.44. The molecule has 7 atom stereocenters. The lowest BCUT2D eigenvalue weighted by Crippen LogP contribution is -2.52. The first kappa shape index (κ1) is 16.1. The van der Waals surface area contributed by atoms with E-state index in [0.717, 1.165) is 0 Å². The van der Waals surface area contributed by atoms with Crippen molar-refractivity contribution in [1.29, 1.82) is 0 Å². The lowest BCUT2D eigenvalue weighted by atomic mass is 10.0. The Hall–Kier alpha value is -0.320. The zero-order valence-electron chi connectivity index (χ0n) is 11.0. The molecule has 2 rings (SSSR count). The molecule has 5 N–H and O–H groups in total. The predicted octanol–water partition coefficient (Wildman–Crippen LogP) is -2.66. The number of rotatable bonds is 4. The molecule has 0 aromatic heterocycles. The first-order valence-corrected chi connectivity index (χ1v) is 6.74. The zero-order valence-corrected chi connectivity index (χ0v) is 11.0. The van der Waals surface area contributed by atoms with Crippen molar-refractivity contribution >= 4 is 0 Å². The van der Waals surface area contributed by atoms with Gasteiger partial charge in [0.15, 0.2) is 6.29 Å². The number of ether oxygens (including phenoxy) is 3. The SMILES string of the molecule is OC[C@H]1O[C@H](OC[C@H]2OCC[C@@H](O)[C@@H]2O)C[C@@H](O)[C@@H]1O. The van der Waals surface area contributed by atoms with Gasteiger partial charge in [-0.25, -0.2) is 0 Å². The van der Waals surface area contributed by atoms with Crippen molar-refractivity contribution in [2.75, 3.05) is 19.8 Å². The van der Waals surface area contributed by atoms with Gasteiger partial charge in [-0.2, -0.15) is 0 Å². The Morgan fingerprint density at radius 1 is 1.00 bits per heavy atom. The van der Waals surface area contributed by atoms with E-state index in [1.807, 2.05) is 0 Å². The van der Waals surface area contributed by atoms with Crippen LogP contribution >= 0.6 is 0 Å². The van der Waals surface area contributed by atoms with Crippen LogP contribution in [0.3, 0.4) is 0 Å². The van der Waals surface area contributed by atoms with Crippen molar-refractivity contribution in [3.63, 3.8) is 0 Å². The van der Waals surface area contributed by atoms with Crippen molar-refractivity contribution in [3.8, 4) is 0 Å². The molecule has 0 aromatic rings. The summed E-state index contributed by atoms with van der Waals surface area (Å²) in [6.45, 7) is -0.110. The van der Waals surface area contributed by atoms with E-state index in [1.54, 1.807) is 0 Å². The normalized spacial score (nSPS) is 46.4. The summed E-state index contributed by atoms with van der Waals surface area (Å²) in [6.07, 6.45) is -6.03. The van der Waals surface area contributed by atoms with Gasteiger partial charge < -0.3 is 39.7 Å². The second-order valence-electron chi connectivity index (χ2n) is 5.17. The second kappa shape index (κ2) is 7.10. The van der Waals surface area contributed by atoms with Gasteiger partial charge in [0.05, 0.1) is 25.4 Å². The molecule has 0 radical (unpaired) electrons. The first-order chi connectivity index (χ1) is 9.52. The molecular weight excluding hydrogens is 272 g/mol. The smallest absolute Gasteiger partial charge is 0.160 e. The summed E-state index contributed by atoms with van der Waals surface area (Å²) in [7, 11) is 0. The molecule has 2 saturated heterocycles. The maximum Gasteiger partial charge on any atom is 0.160 e. The Bertz CT molecular complexity index is 301. The molecular formula is C12H22O8. The minimum Gasteiger partial charge on any atom is -0.394 e. The molecule has 2 heterocycles. The molecule has 2 aliphatic heterocycles. The fraction of sp³-hybridized carbons (Fsp3) is 1.00. The van der Waals surface area contributed by atoms with Gasteiger partial charge in [0, 0.05) is 13.0 Å². The summed E-state index contributed by atoms with van der Waals surface area (Å²) in [5.41, 5.74) is 0. The van der Waals surface area contributed by atoms with Crippen molar-refractivity contribution in [2.24, 2.45) is 0 Å². The zero-order chi connectivity index (χ0) is 14.7. The third-order valence-electron chi connectivity index (χ3n) is 3.68. The van der Waals surface area contributed by atoms with E-state index in [1.165, 1.54) is 0 Å².